The molecule has 1 rings (SSSR count). The lowest BCUT2D eigenvalue weighted by Crippen LogP contribution is -2.43. The molecule has 80 valence electrons. The van der Waals surface area contributed by atoms with E-state index in [2.05, 4.69) is 0 Å². The lowest BCUT2D eigenvalue weighted by Gasteiger charge is -2.23. The topological polar surface area (TPSA) is 35.2 Å². The van der Waals surface area contributed by atoms with Crippen LogP contribution in [0.4, 0.5) is 0 Å². The summed E-state index contributed by atoms with van der Waals surface area (Å²) in [6, 6.07) is 3.92. The van der Waals surface area contributed by atoms with Crippen LogP contribution in [-0.2, 0) is 11.2 Å². The molecule has 1 aromatic rings. The van der Waals surface area contributed by atoms with E-state index in [9.17, 15) is 0 Å². The van der Waals surface area contributed by atoms with Gasteiger partial charge in [-0.2, -0.15) is 0 Å². The fourth-order valence-electron chi connectivity index (χ4n) is 1.23. The van der Waals surface area contributed by atoms with Gasteiger partial charge in [0, 0.05) is 23.4 Å². The van der Waals surface area contributed by atoms with Crippen molar-refractivity contribution in [2.24, 2.45) is 5.73 Å². The van der Waals surface area contributed by atoms with Crippen molar-refractivity contribution in [1.82, 2.24) is 0 Å². The zero-order chi connectivity index (χ0) is 10.6. The summed E-state index contributed by atoms with van der Waals surface area (Å²) >= 11 is 7.42. The van der Waals surface area contributed by atoms with Crippen molar-refractivity contribution in [3.8, 4) is 0 Å². The summed E-state index contributed by atoms with van der Waals surface area (Å²) in [5.74, 6) is 0. The van der Waals surface area contributed by atoms with Crippen molar-refractivity contribution in [2.75, 3.05) is 13.2 Å². The predicted octanol–water partition coefficient (Wildman–Crippen LogP) is 2.70. The van der Waals surface area contributed by atoms with Crippen molar-refractivity contribution in [3.63, 3.8) is 0 Å². The third-order valence-electron chi connectivity index (χ3n) is 1.84. The van der Waals surface area contributed by atoms with Crippen molar-refractivity contribution in [1.29, 1.82) is 0 Å². The fraction of sp³-hybridized carbons (Fsp3) is 0.600. The first-order valence-electron chi connectivity index (χ1n) is 4.64. The summed E-state index contributed by atoms with van der Waals surface area (Å²) in [7, 11) is 0. The highest BCUT2D eigenvalue weighted by Gasteiger charge is 2.20. The van der Waals surface area contributed by atoms with Crippen molar-refractivity contribution < 1.29 is 4.74 Å². The van der Waals surface area contributed by atoms with Crippen LogP contribution in [0.3, 0.4) is 0 Å². The molecule has 0 aliphatic heterocycles. The summed E-state index contributed by atoms with van der Waals surface area (Å²) in [6.45, 7) is 5.26. The molecule has 2 N–H and O–H groups in total. The van der Waals surface area contributed by atoms with E-state index in [1.165, 1.54) is 4.88 Å². The quantitative estimate of drug-likeness (QED) is 0.849. The molecule has 14 heavy (non-hydrogen) atoms. The lowest BCUT2D eigenvalue weighted by atomic mass is 10.00. The van der Waals surface area contributed by atoms with E-state index in [0.717, 1.165) is 10.8 Å². The first-order valence-corrected chi connectivity index (χ1v) is 5.84. The Kier molecular flexibility index (Phi) is 4.38. The number of halogens is 1. The summed E-state index contributed by atoms with van der Waals surface area (Å²) < 4.78 is 6.14. The van der Waals surface area contributed by atoms with Crippen molar-refractivity contribution in [3.05, 3.63) is 21.3 Å². The average molecular weight is 234 g/mol. The van der Waals surface area contributed by atoms with Gasteiger partial charge in [0.05, 0.1) is 10.9 Å². The van der Waals surface area contributed by atoms with E-state index in [1.54, 1.807) is 11.3 Å². The maximum atomic E-state index is 6.08. The van der Waals surface area contributed by atoms with Crippen LogP contribution in [0.25, 0.3) is 0 Å². The highest BCUT2D eigenvalue weighted by Crippen LogP contribution is 2.24. The van der Waals surface area contributed by atoms with Gasteiger partial charge >= 0.3 is 0 Å². The predicted molar refractivity (Wildman–Crippen MR) is 62.1 cm³/mol. The first kappa shape index (κ1) is 12.0. The van der Waals surface area contributed by atoms with Gasteiger partial charge < -0.3 is 10.5 Å². The van der Waals surface area contributed by atoms with E-state index in [0.29, 0.717) is 13.2 Å². The molecule has 0 saturated heterocycles. The molecule has 0 spiro atoms. The third kappa shape index (κ3) is 3.96. The molecule has 0 fully saturated rings. The minimum atomic E-state index is -0.301. The van der Waals surface area contributed by atoms with Crippen molar-refractivity contribution >= 4 is 22.9 Å². The molecule has 0 bridgehead atoms. The van der Waals surface area contributed by atoms with Crippen molar-refractivity contribution in [2.45, 2.75) is 25.8 Å². The molecule has 0 aromatic carbocycles. The third-order valence-corrected chi connectivity index (χ3v) is 3.07. The zero-order valence-corrected chi connectivity index (χ0v) is 10.1. The molecule has 1 aromatic heterocycles. The second-order valence-corrected chi connectivity index (χ2v) is 5.47. The van der Waals surface area contributed by atoms with Gasteiger partial charge in [0.1, 0.15) is 0 Å². The molecule has 2 nitrogen and oxygen atoms in total. The van der Waals surface area contributed by atoms with Gasteiger partial charge in [-0.15, -0.1) is 11.3 Å². The number of ether oxygens (including phenoxy) is 1. The van der Waals surface area contributed by atoms with Gasteiger partial charge in [0.25, 0.3) is 0 Å². The minimum Gasteiger partial charge on any atom is -0.380 e. The Balaban J connectivity index is 2.49. The number of thiophene rings is 1. The van der Waals surface area contributed by atoms with E-state index >= 15 is 0 Å². The Morgan fingerprint density at radius 1 is 1.57 bits per heavy atom. The van der Waals surface area contributed by atoms with Gasteiger partial charge in [-0.25, -0.2) is 0 Å². The zero-order valence-electron chi connectivity index (χ0n) is 8.55. The standard InChI is InChI=1S/C10H16ClNOS/c1-3-13-7-10(2,12)6-8-4-5-9(11)14-8/h4-5H,3,6-7,12H2,1-2H3. The number of nitrogens with two attached hydrogens (primary N) is 1. The van der Waals surface area contributed by atoms with Gasteiger partial charge in [0.15, 0.2) is 0 Å². The lowest BCUT2D eigenvalue weighted by molar-refractivity contribution is 0.102. The van der Waals surface area contributed by atoms with Gasteiger partial charge in [-0.3, -0.25) is 0 Å². The van der Waals surface area contributed by atoms with E-state index in [4.69, 9.17) is 22.1 Å². The molecule has 0 aliphatic rings. The van der Waals surface area contributed by atoms with Crippen LogP contribution in [0.1, 0.15) is 18.7 Å². The smallest absolute Gasteiger partial charge is 0.0931 e. The Morgan fingerprint density at radius 2 is 2.29 bits per heavy atom. The molecule has 1 atom stereocenters. The van der Waals surface area contributed by atoms with Crippen LogP contribution < -0.4 is 5.73 Å². The Labute approximate surface area is 94.0 Å². The van der Waals surface area contributed by atoms with Crippen LogP contribution in [-0.4, -0.2) is 18.8 Å². The normalized spacial score (nSPS) is 15.4. The minimum absolute atomic E-state index is 0.301. The van der Waals surface area contributed by atoms with E-state index in [1.807, 2.05) is 26.0 Å². The number of hydrogen-bond acceptors (Lipinski definition) is 3. The highest BCUT2D eigenvalue weighted by molar-refractivity contribution is 7.16. The molecular formula is C10H16ClNOS. The van der Waals surface area contributed by atoms with Gasteiger partial charge in [-0.1, -0.05) is 11.6 Å². The summed E-state index contributed by atoms with van der Waals surface area (Å²) in [6.07, 6.45) is 0.810. The number of hydrogen-bond donors (Lipinski definition) is 1. The van der Waals surface area contributed by atoms with Crippen LogP contribution in [0.5, 0.6) is 0 Å². The maximum absolute atomic E-state index is 6.08. The molecular weight excluding hydrogens is 218 g/mol. The molecule has 0 amide bonds. The maximum Gasteiger partial charge on any atom is 0.0931 e. The molecule has 0 aliphatic carbocycles. The Bertz CT molecular complexity index is 285. The Hall–Kier alpha value is -0.0900. The molecule has 1 heterocycles. The summed E-state index contributed by atoms with van der Waals surface area (Å²) in [4.78, 5) is 1.21. The second kappa shape index (κ2) is 5.12. The van der Waals surface area contributed by atoms with E-state index in [-0.39, 0.29) is 5.54 Å². The second-order valence-electron chi connectivity index (χ2n) is 3.67. The van der Waals surface area contributed by atoms with Crippen LogP contribution in [0.15, 0.2) is 12.1 Å². The first-order chi connectivity index (χ1) is 6.53. The summed E-state index contributed by atoms with van der Waals surface area (Å²) in [5, 5.41) is 0. The molecule has 1 unspecified atom stereocenters. The number of rotatable bonds is 5. The SMILES string of the molecule is CCOCC(C)(N)Cc1ccc(Cl)s1. The molecule has 0 saturated carbocycles. The monoisotopic (exact) mass is 233 g/mol. The summed E-state index contributed by atoms with van der Waals surface area (Å²) in [5.41, 5.74) is 5.78. The average Bonchev–Trinajstić information content (AvgIpc) is 2.47. The van der Waals surface area contributed by atoms with Gasteiger partial charge in [0.2, 0.25) is 0 Å². The largest absolute Gasteiger partial charge is 0.380 e. The van der Waals surface area contributed by atoms with Gasteiger partial charge in [-0.05, 0) is 26.0 Å². The molecule has 4 heteroatoms. The Morgan fingerprint density at radius 3 is 2.79 bits per heavy atom. The fourth-order valence-corrected chi connectivity index (χ4v) is 2.52. The highest BCUT2D eigenvalue weighted by atomic mass is 35.5. The van der Waals surface area contributed by atoms with Crippen LogP contribution in [0, 0.1) is 0 Å². The van der Waals surface area contributed by atoms with E-state index < -0.39 is 0 Å². The van der Waals surface area contributed by atoms with Crippen LogP contribution >= 0.6 is 22.9 Å². The van der Waals surface area contributed by atoms with Crippen LogP contribution in [0.2, 0.25) is 4.34 Å². The molecule has 0 radical (unpaired) electrons.